The molecule has 0 atom stereocenters. The van der Waals surface area contributed by atoms with Crippen LogP contribution in [0.3, 0.4) is 0 Å². The number of rotatable bonds is 24. The average molecular weight is 1740 g/mol. The number of hydrogen-bond acceptors (Lipinski definition) is 28. The zero-order valence-corrected chi connectivity index (χ0v) is 68.8. The Morgan fingerprint density at radius 2 is 0.793 bits per heavy atom. The zero-order chi connectivity index (χ0) is 87.3. The highest BCUT2D eigenvalue weighted by Gasteiger charge is 2.21. The molecule has 4 saturated heterocycles. The number of benzene rings is 3. The van der Waals surface area contributed by atoms with Crippen LogP contribution in [-0.2, 0) is 52.6 Å². The number of ether oxygens (including phenoxy) is 4. The Hall–Kier alpha value is -12.3. The van der Waals surface area contributed by atoms with Crippen LogP contribution in [0.15, 0.2) is 184 Å². The topological polar surface area (TPSA) is 489 Å². The molecular formula is C81H92BCl4N20O15. The van der Waals surface area contributed by atoms with E-state index in [1.54, 1.807) is 36.7 Å². The average Bonchev–Trinajstić information content (AvgIpc) is 0.805. The summed E-state index contributed by atoms with van der Waals surface area (Å²) in [5, 5.41) is 43.3. The number of morpholine rings is 4. The molecule has 0 aliphatic carbocycles. The van der Waals surface area contributed by atoms with Crippen LogP contribution in [0.1, 0.15) is 58.1 Å². The molecule has 35 nitrogen and oxygen atoms in total. The first-order chi connectivity index (χ1) is 58.4. The van der Waals surface area contributed by atoms with E-state index < -0.39 is 11.9 Å². The highest BCUT2D eigenvalue weighted by atomic mass is 35.5. The van der Waals surface area contributed by atoms with Gasteiger partial charge < -0.3 is 103 Å². The van der Waals surface area contributed by atoms with E-state index in [0.717, 1.165) is 62.6 Å². The Kier molecular flexibility index (Phi) is 41.6. The fourth-order valence-electron chi connectivity index (χ4n) is 10.8. The van der Waals surface area contributed by atoms with E-state index in [1.165, 1.54) is 60.5 Å². The lowest BCUT2D eigenvalue weighted by atomic mass is 10.1. The molecule has 1 radical (unpaired) electrons. The number of carbonyl (C=O) groups excluding carboxylic acids is 5. The van der Waals surface area contributed by atoms with Crippen LogP contribution < -0.4 is 68.5 Å². The van der Waals surface area contributed by atoms with E-state index in [9.17, 15) is 33.6 Å². The summed E-state index contributed by atoms with van der Waals surface area (Å²) < 4.78 is 25.5. The van der Waals surface area contributed by atoms with Gasteiger partial charge in [0.2, 0.25) is 29.6 Å². The molecule has 40 heteroatoms. The Morgan fingerprint density at radius 1 is 0.463 bits per heavy atom. The Morgan fingerprint density at radius 3 is 1.14 bits per heavy atom. The van der Waals surface area contributed by atoms with Gasteiger partial charge in [-0.1, -0.05) is 103 Å². The van der Waals surface area contributed by atoms with E-state index in [4.69, 9.17) is 103 Å². The lowest BCUT2D eigenvalue weighted by Gasteiger charge is -2.28. The molecule has 15 N–H and O–H groups in total. The Balaban J connectivity index is 0.000000209. The molecule has 121 heavy (non-hydrogen) atoms. The minimum Gasteiger partial charge on any atom is -0.535 e. The maximum Gasteiger partial charge on any atom is 0.569 e. The number of hydrogen-bond donors (Lipinski definition) is 12. The summed E-state index contributed by atoms with van der Waals surface area (Å²) >= 11 is 22.8. The molecule has 4 aliphatic rings. The lowest BCUT2D eigenvalue weighted by Crippen LogP contribution is -2.37. The van der Waals surface area contributed by atoms with Gasteiger partial charge in [-0.15, -0.1) is 0 Å². The molecule has 0 unspecified atom stereocenters. The highest BCUT2D eigenvalue weighted by Crippen LogP contribution is 2.26. The van der Waals surface area contributed by atoms with Crippen molar-refractivity contribution in [3.05, 3.63) is 244 Å². The Labute approximate surface area is 718 Å². The normalized spacial score (nSPS) is 13.1. The van der Waals surface area contributed by atoms with Gasteiger partial charge in [0.25, 0.3) is 11.8 Å². The summed E-state index contributed by atoms with van der Waals surface area (Å²) in [7, 11) is 0.550. The number of nitrogens with two attached hydrogens (primary N) is 3. The molecule has 4 fully saturated rings. The van der Waals surface area contributed by atoms with Crippen molar-refractivity contribution in [2.45, 2.75) is 19.3 Å². The van der Waals surface area contributed by atoms with Crippen molar-refractivity contribution in [1.29, 1.82) is 0 Å². The van der Waals surface area contributed by atoms with Crippen molar-refractivity contribution in [3.63, 3.8) is 0 Å². The number of pyridine rings is 4. The van der Waals surface area contributed by atoms with E-state index in [0.29, 0.717) is 163 Å². The molecule has 4 aliphatic heterocycles. The first-order valence-corrected chi connectivity index (χ1v) is 39.0. The van der Waals surface area contributed by atoms with Gasteiger partial charge in [-0.25, -0.2) is 49.5 Å². The number of nitrogen functional groups attached to an aromatic ring is 2. The highest BCUT2D eigenvalue weighted by molar-refractivity contribution is 6.33. The predicted octanol–water partition coefficient (Wildman–Crippen LogP) is 7.96. The number of nitrogens with one attached hydrogen (secondary N) is 6. The van der Waals surface area contributed by atoms with E-state index in [1.807, 2.05) is 77.7 Å². The molecule has 5 amide bonds. The van der Waals surface area contributed by atoms with Gasteiger partial charge in [0.15, 0.2) is 0 Å². The van der Waals surface area contributed by atoms with E-state index in [-0.39, 0.29) is 73.2 Å². The number of nitrogens with zero attached hydrogens (tertiary/aromatic N) is 11. The summed E-state index contributed by atoms with van der Waals surface area (Å²) in [6.07, 6.45) is 11.7. The minimum atomic E-state index is -1.07. The summed E-state index contributed by atoms with van der Waals surface area (Å²) in [5.41, 5.74) is 24.1. The van der Waals surface area contributed by atoms with Crippen LogP contribution in [-0.4, -0.2) is 229 Å². The van der Waals surface area contributed by atoms with Crippen molar-refractivity contribution >= 4 is 142 Å². The Bertz CT molecular complexity index is 4820. The second-order valence-electron chi connectivity index (χ2n) is 25.5. The number of carbonyl (C=O) groups is 7. The SMILES string of the molecule is C1COCCN1.C=CC(=O)Nc1ccc(CCN)cc1.C=CC(=O)Nc1ccc(CCNC(=O)c2cc(-c3cnc(N)nc3)nc(N3CCOCC3)c2)cc1.C=CC(=O)Nc1ccc(CCNC(=O)c2cc(Cl)nc(N3CCOCC3)c2)cc1.Nc1ncc(O[B]O)cn1.O=C(O)c1cc(Cl)nc(Cl)c1.O=C(O)c1cc(Cl)nc(N2CCOCC2)c1. The first kappa shape index (κ1) is 95.8. The molecule has 13 rings (SSSR count). The first-order valence-electron chi connectivity index (χ1n) is 37.5. The van der Waals surface area contributed by atoms with Gasteiger partial charge in [0, 0.05) is 112 Å². The molecule has 0 saturated carbocycles. The second kappa shape index (κ2) is 52.6. The molecule has 0 spiro atoms. The largest absolute Gasteiger partial charge is 0.569 e. The summed E-state index contributed by atoms with van der Waals surface area (Å²) in [4.78, 5) is 119. The minimum absolute atomic E-state index is 0.0370. The summed E-state index contributed by atoms with van der Waals surface area (Å²) in [5.74, 6) is -0.517. The van der Waals surface area contributed by atoms with Crippen molar-refractivity contribution in [3.8, 4) is 17.0 Å². The van der Waals surface area contributed by atoms with Crippen LogP contribution in [0.2, 0.25) is 20.6 Å². The van der Waals surface area contributed by atoms with Crippen molar-refractivity contribution in [1.82, 2.24) is 55.8 Å². The monoisotopic (exact) mass is 1740 g/mol. The molecule has 10 heterocycles. The van der Waals surface area contributed by atoms with Crippen LogP contribution in [0, 0.1) is 0 Å². The molecule has 0 bridgehead atoms. The van der Waals surface area contributed by atoms with E-state index >= 15 is 0 Å². The molecular weight excluding hydrogens is 1650 g/mol. The maximum absolute atomic E-state index is 13.0. The van der Waals surface area contributed by atoms with Crippen LogP contribution in [0.25, 0.3) is 11.3 Å². The fourth-order valence-corrected chi connectivity index (χ4v) is 11.6. The quantitative estimate of drug-likeness (QED) is 0.0155. The van der Waals surface area contributed by atoms with Gasteiger partial charge in [-0.2, -0.15) is 0 Å². The third-order valence-electron chi connectivity index (χ3n) is 16.9. The number of carboxylic acid groups (broad SMARTS) is 2. The van der Waals surface area contributed by atoms with Crippen LogP contribution in [0.5, 0.6) is 5.75 Å². The molecule has 637 valence electrons. The lowest BCUT2D eigenvalue weighted by molar-refractivity contribution is -0.112. The number of amides is 5. The number of aromatic carboxylic acids is 2. The maximum atomic E-state index is 13.0. The number of carboxylic acids is 2. The van der Waals surface area contributed by atoms with Crippen LogP contribution >= 0.6 is 46.4 Å². The number of anilines is 8. The van der Waals surface area contributed by atoms with Gasteiger partial charge in [0.05, 0.1) is 82.1 Å². The summed E-state index contributed by atoms with van der Waals surface area (Å²) in [6.45, 7) is 23.6. The van der Waals surface area contributed by atoms with Gasteiger partial charge in [0.1, 0.15) is 43.8 Å². The third kappa shape index (κ3) is 35.6. The second-order valence-corrected chi connectivity index (χ2v) is 27.0. The van der Waals surface area contributed by atoms with E-state index in [2.05, 4.69) is 101 Å². The molecule has 9 aromatic rings. The van der Waals surface area contributed by atoms with Gasteiger partial charge >= 0.3 is 19.6 Å². The summed E-state index contributed by atoms with van der Waals surface area (Å²) in [6, 6.07) is 34.7. The third-order valence-corrected chi connectivity index (χ3v) is 17.6. The molecule has 3 aromatic carbocycles. The standard InChI is InChI=1S/C25H27N7O3.C21H23ClN4O3.C11H14N2O.C10H11ClN2O3.C6H3Cl2NO2.C4H5BN3O2.C4H9NO/c1-2-23(33)30-20-5-3-17(4-6-20)7-8-27-24(34)18-13-21(19-15-28-25(26)29-16-19)31-22(14-18)32-9-11-35-12-10-32;1-2-20(27)24-17-5-3-15(4-6-17)7-8-23-21(28)16-13-18(22)25-19(14-16)26-9-11-29-12-10-26;1-2-11(14)13-10-5-3-9(4-6-10)7-8-12;11-8-5-7(10(14)15)6-9(12-8)13-1-3-16-4-2-13;7-4-1-3(6(10)11)2-5(8)9-4;6-4-7-1-3(2-8-4)10-5-9;1-3-6-4-2-5-1/h2-6,13-16H,1,7-12H2,(H,27,34)(H,30,33)(H2,26,28,29);2-6,13-14H,1,7-12H2,(H,23,28)(H,24,27);2-6H,1,7-8,12H2,(H,13,14);5-6H,1-4H2,(H,14,15);1-2H,(H,10,11);1-2,9H,(H2,6,7,8);5H,1-4H2. The van der Waals surface area contributed by atoms with Crippen molar-refractivity contribution < 1.29 is 72.4 Å². The smallest absolute Gasteiger partial charge is 0.535 e. The van der Waals surface area contributed by atoms with Crippen molar-refractivity contribution in [2.24, 2.45) is 5.73 Å². The fraction of sp³-hybridized carbons (Fsp3) is 0.272. The predicted molar refractivity (Wildman–Crippen MR) is 465 cm³/mol. The number of aromatic nitrogens is 8. The van der Waals surface area contributed by atoms with Crippen molar-refractivity contribution in [2.75, 3.05) is 167 Å². The zero-order valence-electron chi connectivity index (χ0n) is 65.7. The van der Waals surface area contributed by atoms with Gasteiger partial charge in [-0.05, 0) is 146 Å². The van der Waals surface area contributed by atoms with Crippen LogP contribution in [0.4, 0.5) is 46.4 Å². The van der Waals surface area contributed by atoms with Gasteiger partial charge in [-0.3, -0.25) is 24.0 Å². The molecule has 6 aromatic heterocycles. The number of halogens is 4.